The summed E-state index contributed by atoms with van der Waals surface area (Å²) in [7, 11) is 0. The van der Waals surface area contributed by atoms with Gasteiger partial charge < -0.3 is 0 Å². The Hall–Kier alpha value is -5.27. The Kier molecular flexibility index (Phi) is 56.7. The van der Waals surface area contributed by atoms with Gasteiger partial charge >= 0.3 is 0 Å². The van der Waals surface area contributed by atoms with Crippen LogP contribution in [0.25, 0.3) is 0 Å². The van der Waals surface area contributed by atoms with Gasteiger partial charge in [-0.1, -0.05) is 281 Å². The molecule has 4 aliphatic rings. The first-order valence-electron chi connectivity index (χ1n) is 29.9. The van der Waals surface area contributed by atoms with Crippen molar-refractivity contribution in [2.45, 2.75) is 238 Å². The van der Waals surface area contributed by atoms with Gasteiger partial charge in [0.2, 0.25) is 0 Å². The van der Waals surface area contributed by atoms with Gasteiger partial charge in [-0.05, 0) is 179 Å². The summed E-state index contributed by atoms with van der Waals surface area (Å²) in [6, 6.07) is 8.91. The number of fused-ring (bicyclic) bond motifs is 2. The number of benzene rings is 1. The van der Waals surface area contributed by atoms with Gasteiger partial charge in [0.05, 0.1) is 0 Å². The average molecular weight is 1030 g/mol. The highest BCUT2D eigenvalue weighted by Gasteiger charge is 2.19. The summed E-state index contributed by atoms with van der Waals surface area (Å²) in [5.74, 6) is 0. The number of aryl methyl sites for hydroxylation is 6. The highest BCUT2D eigenvalue weighted by molar-refractivity contribution is 5.44. The Balaban J connectivity index is -0.000000792. The van der Waals surface area contributed by atoms with Crippen LogP contribution >= 0.6 is 0 Å². The van der Waals surface area contributed by atoms with Crippen molar-refractivity contribution in [1.82, 2.24) is 4.98 Å². The first kappa shape index (κ1) is 75.0. The lowest BCUT2D eigenvalue weighted by molar-refractivity contribution is 0.729. The molecule has 0 aliphatic heterocycles. The smallest absolute Gasteiger partial charge is 0.0375 e. The fourth-order valence-electron chi connectivity index (χ4n) is 7.23. The minimum absolute atomic E-state index is 1.10. The van der Waals surface area contributed by atoms with E-state index in [1.54, 1.807) is 40.0 Å². The molecule has 4 aliphatic carbocycles. The fourth-order valence-corrected chi connectivity index (χ4v) is 7.23. The van der Waals surface area contributed by atoms with E-state index >= 15 is 0 Å². The van der Waals surface area contributed by atoms with Crippen molar-refractivity contribution >= 4 is 0 Å². The number of nitrogens with zero attached hydrogens (tertiary/aromatic N) is 1. The Morgan fingerprint density at radius 2 is 0.908 bits per heavy atom. The molecule has 0 saturated heterocycles. The summed E-state index contributed by atoms with van der Waals surface area (Å²) in [5.41, 5.74) is 16.3. The molecule has 0 unspecified atom stereocenters. The summed E-state index contributed by atoms with van der Waals surface area (Å²) < 4.78 is 0. The van der Waals surface area contributed by atoms with Crippen LogP contribution in [0.4, 0.5) is 0 Å². The van der Waals surface area contributed by atoms with Crippen LogP contribution < -0.4 is 0 Å². The number of hydrogen-bond acceptors (Lipinski definition) is 1. The van der Waals surface area contributed by atoms with Crippen LogP contribution in [-0.4, -0.2) is 4.98 Å². The molecule has 1 aromatic heterocycles. The molecule has 76 heavy (non-hydrogen) atoms. The molecule has 1 heterocycles. The standard InChI is InChI=1S/C11H20.C9H10.2C9H16.C8H9N.C8H10.C8H14.C7H12.C6H10/c1-4-5-6-7-8-9-10-11(2)3;1-7-2-3-8-4-5-9(8)6-7;1-4-5-6-7-8-9(2)3;1-3-5-7-9-8-6-4-2;1-6-4-7-2-3-8(7)5-9-6;1-6-4-7-2-3-8(7)5-6;1-3-5-7-8-6-4-2;1-3-5-7-6-4-2;1-3-5-6-4-2/h8-10H,4-7H2,1-3H3;2-3,6H,4-5H2,1H3;6-8H,4-5H2,1-3H3;3,5,7H,1,4,6,8-9H2,2H3;4-5H,2-3H2,1H3;4H,2-3,5H2,1H3;3,5,7H,1,4,6,8H2,2H3;3,5,7H,1,4,6H2,2H3;3,5-6H,1,4H2,2H3/b9-8+;;7-6+;7-5+;;;2*7-5+;6-5+. The monoisotopic (exact) mass is 1030 g/mol. The number of pyridine rings is 1. The van der Waals surface area contributed by atoms with E-state index in [2.05, 4.69) is 205 Å². The highest BCUT2D eigenvalue weighted by atomic mass is 14.7. The maximum Gasteiger partial charge on any atom is 0.0375 e. The van der Waals surface area contributed by atoms with E-state index in [-0.39, 0.29) is 0 Å². The maximum absolute atomic E-state index is 4.19. The van der Waals surface area contributed by atoms with Gasteiger partial charge in [0.1, 0.15) is 0 Å². The van der Waals surface area contributed by atoms with Crippen molar-refractivity contribution in [2.75, 3.05) is 0 Å². The van der Waals surface area contributed by atoms with Crippen LogP contribution in [0.1, 0.15) is 232 Å². The van der Waals surface area contributed by atoms with Gasteiger partial charge in [0.15, 0.2) is 0 Å². The molecule has 1 aromatic carbocycles. The van der Waals surface area contributed by atoms with Gasteiger partial charge in [-0.25, -0.2) is 0 Å². The second-order valence-corrected chi connectivity index (χ2v) is 20.3. The Labute approximate surface area is 473 Å². The van der Waals surface area contributed by atoms with Crippen LogP contribution in [0.15, 0.2) is 200 Å². The normalized spacial score (nSPS) is 12.7. The van der Waals surface area contributed by atoms with E-state index in [1.807, 2.05) is 49.6 Å². The molecule has 0 atom stereocenters. The second-order valence-electron chi connectivity index (χ2n) is 20.3. The third-order valence-electron chi connectivity index (χ3n) is 12.0. The SMILES string of the molecule is C=C/C=C/CC.C=C/C=C/CCC.C=C/C=C/CCCC.C=C/C=C/CCCCC.CC1=CC2=C(CC2)C1.CCC/C=C/C=C(C)C.CCCCC/C=C/C=C(C)C.Cc1cc2c(cn1)CC2.Cc1ccc2c(c1)CC2. The van der Waals surface area contributed by atoms with Crippen LogP contribution in [-0.2, 0) is 25.7 Å². The molecule has 0 spiro atoms. The van der Waals surface area contributed by atoms with E-state index in [4.69, 9.17) is 0 Å². The minimum atomic E-state index is 1.10. The first-order chi connectivity index (χ1) is 36.8. The van der Waals surface area contributed by atoms with Crippen molar-refractivity contribution in [3.05, 3.63) is 234 Å². The summed E-state index contributed by atoms with van der Waals surface area (Å²) in [6.45, 7) is 42.2. The van der Waals surface area contributed by atoms with Gasteiger partial charge in [-0.3, -0.25) is 4.98 Å². The van der Waals surface area contributed by atoms with E-state index in [9.17, 15) is 0 Å². The highest BCUT2D eigenvalue weighted by Crippen LogP contribution is 2.39. The number of hydrogen-bond donors (Lipinski definition) is 0. The molecule has 422 valence electrons. The molecule has 2 aromatic rings. The third kappa shape index (κ3) is 49.6. The molecule has 1 nitrogen and oxygen atoms in total. The lowest BCUT2D eigenvalue weighted by Gasteiger charge is -2.18. The molecule has 0 radical (unpaired) electrons. The van der Waals surface area contributed by atoms with Crippen LogP contribution in [0.2, 0.25) is 0 Å². The van der Waals surface area contributed by atoms with Crippen molar-refractivity contribution in [1.29, 1.82) is 0 Å². The van der Waals surface area contributed by atoms with Gasteiger partial charge in [0.25, 0.3) is 0 Å². The first-order valence-corrected chi connectivity index (χ1v) is 29.9. The second kappa shape index (κ2) is 57.4. The molecule has 0 amide bonds. The zero-order valence-electron chi connectivity index (χ0n) is 51.9. The van der Waals surface area contributed by atoms with Gasteiger partial charge in [-0.15, -0.1) is 0 Å². The van der Waals surface area contributed by atoms with E-state index in [0.717, 1.165) is 12.1 Å². The van der Waals surface area contributed by atoms with E-state index < -0.39 is 0 Å². The van der Waals surface area contributed by atoms with Crippen molar-refractivity contribution < 1.29 is 0 Å². The zero-order valence-corrected chi connectivity index (χ0v) is 51.9. The Bertz CT molecular complexity index is 2010. The molecular weight excluding hydrogens is 915 g/mol. The predicted octanol–water partition coefficient (Wildman–Crippen LogP) is 24.3. The number of aromatic nitrogens is 1. The van der Waals surface area contributed by atoms with Crippen molar-refractivity contribution in [3.63, 3.8) is 0 Å². The molecule has 0 saturated carbocycles. The molecule has 1 heteroatoms. The minimum Gasteiger partial charge on any atom is -0.261 e. The van der Waals surface area contributed by atoms with Gasteiger partial charge in [-0.2, -0.15) is 0 Å². The number of rotatable bonds is 22. The topological polar surface area (TPSA) is 12.9 Å². The molecule has 0 bridgehead atoms. The molecular formula is C75H117N. The van der Waals surface area contributed by atoms with Crippen molar-refractivity contribution in [2.24, 2.45) is 0 Å². The van der Waals surface area contributed by atoms with Gasteiger partial charge in [0, 0.05) is 11.9 Å². The lowest BCUT2D eigenvalue weighted by atomic mass is 9.88. The van der Waals surface area contributed by atoms with Crippen LogP contribution in [0.3, 0.4) is 0 Å². The summed E-state index contributed by atoms with van der Waals surface area (Å²) in [4.78, 5) is 4.19. The fraction of sp³-hybridized carbons (Fsp3) is 0.480. The number of unbranched alkanes of at least 4 members (excludes halogenated alkanes) is 10. The quantitative estimate of drug-likeness (QED) is 0.0846. The van der Waals surface area contributed by atoms with E-state index in [0.29, 0.717) is 0 Å². The lowest BCUT2D eigenvalue weighted by Crippen LogP contribution is -2.08. The third-order valence-corrected chi connectivity index (χ3v) is 12.0. The summed E-state index contributed by atoms with van der Waals surface area (Å²) in [5, 5.41) is 0. The molecule has 6 rings (SSSR count). The average Bonchev–Trinajstić information content (AvgIpc) is 3.65. The predicted molar refractivity (Wildman–Crippen MR) is 352 cm³/mol. The van der Waals surface area contributed by atoms with Crippen molar-refractivity contribution in [3.8, 4) is 0 Å². The zero-order chi connectivity index (χ0) is 57.3. The molecule has 0 N–H and O–H groups in total. The summed E-state index contributed by atoms with van der Waals surface area (Å²) in [6.07, 6.45) is 70.3. The Morgan fingerprint density at radius 3 is 1.22 bits per heavy atom. The van der Waals surface area contributed by atoms with E-state index in [1.165, 1.54) is 169 Å². The summed E-state index contributed by atoms with van der Waals surface area (Å²) >= 11 is 0. The number of allylic oxidation sites excluding steroid dienone is 24. The largest absolute Gasteiger partial charge is 0.261 e. The molecule has 0 fully saturated rings. The van der Waals surface area contributed by atoms with Crippen LogP contribution in [0, 0.1) is 13.8 Å². The maximum atomic E-state index is 4.19. The Morgan fingerprint density at radius 1 is 0.461 bits per heavy atom. The van der Waals surface area contributed by atoms with Crippen LogP contribution in [0.5, 0.6) is 0 Å².